The van der Waals surface area contributed by atoms with Crippen LogP contribution in [0.4, 0.5) is 11.4 Å². The van der Waals surface area contributed by atoms with Gasteiger partial charge in [0.1, 0.15) is 0 Å². The molecule has 2 heterocycles. The van der Waals surface area contributed by atoms with Crippen LogP contribution in [0.5, 0.6) is 0 Å². The molecule has 1 fully saturated rings. The largest absolute Gasteiger partial charge is 0.369 e. The molecule has 1 amide bonds. The summed E-state index contributed by atoms with van der Waals surface area (Å²) >= 11 is 0. The van der Waals surface area contributed by atoms with Gasteiger partial charge in [-0.05, 0) is 48.8 Å². The molecule has 4 rings (SSSR count). The van der Waals surface area contributed by atoms with Crippen molar-refractivity contribution >= 4 is 28.2 Å². The molecule has 2 aromatic carbocycles. The highest BCUT2D eigenvalue weighted by molar-refractivity contribution is 5.91. The lowest BCUT2D eigenvalue weighted by molar-refractivity contribution is -0.116. The minimum absolute atomic E-state index is 0.0418. The molecule has 0 radical (unpaired) electrons. The Balaban J connectivity index is 1.31. The second-order valence-electron chi connectivity index (χ2n) is 7.20. The third kappa shape index (κ3) is 4.14. The Morgan fingerprint density at radius 3 is 2.48 bits per heavy atom. The number of piperazine rings is 1. The standard InChI is InChI=1S/C22H26N4O/c1-24-14-16-25(17-15-24)20-8-6-19(7-9-20)23-22(27)11-13-26-12-10-18-4-2-3-5-21(18)26/h2-10,12H,11,13-17H2,1H3,(H,23,27). The smallest absolute Gasteiger partial charge is 0.226 e. The molecule has 5 heteroatoms. The van der Waals surface area contributed by atoms with Crippen LogP contribution in [0.1, 0.15) is 6.42 Å². The molecule has 1 aliphatic heterocycles. The van der Waals surface area contributed by atoms with Gasteiger partial charge in [-0.25, -0.2) is 0 Å². The summed E-state index contributed by atoms with van der Waals surface area (Å²) in [6, 6.07) is 18.5. The number of aromatic nitrogens is 1. The van der Waals surface area contributed by atoms with E-state index in [1.807, 2.05) is 30.5 Å². The van der Waals surface area contributed by atoms with Gasteiger partial charge in [0, 0.05) is 62.2 Å². The molecule has 1 saturated heterocycles. The predicted molar refractivity (Wildman–Crippen MR) is 111 cm³/mol. The van der Waals surface area contributed by atoms with Crippen molar-refractivity contribution in [2.45, 2.75) is 13.0 Å². The van der Waals surface area contributed by atoms with Gasteiger partial charge in [0.25, 0.3) is 0 Å². The molecule has 1 aliphatic rings. The first-order valence-corrected chi connectivity index (χ1v) is 9.56. The lowest BCUT2D eigenvalue weighted by Crippen LogP contribution is -2.44. The van der Waals surface area contributed by atoms with Gasteiger partial charge in [0.05, 0.1) is 0 Å². The Bertz CT molecular complexity index is 907. The predicted octanol–water partition coefficient (Wildman–Crippen LogP) is 3.42. The molecule has 0 bridgehead atoms. The topological polar surface area (TPSA) is 40.5 Å². The maximum atomic E-state index is 12.3. The number of aryl methyl sites for hydroxylation is 1. The number of anilines is 2. The van der Waals surface area contributed by atoms with Gasteiger partial charge >= 0.3 is 0 Å². The molecule has 0 atom stereocenters. The van der Waals surface area contributed by atoms with E-state index in [0.717, 1.165) is 31.9 Å². The Kier molecular flexibility index (Phi) is 5.12. The minimum Gasteiger partial charge on any atom is -0.369 e. The molecular formula is C22H26N4O. The lowest BCUT2D eigenvalue weighted by atomic mass is 10.2. The van der Waals surface area contributed by atoms with E-state index >= 15 is 0 Å². The summed E-state index contributed by atoms with van der Waals surface area (Å²) in [6.45, 7) is 4.96. The van der Waals surface area contributed by atoms with E-state index < -0.39 is 0 Å². The molecule has 1 N–H and O–H groups in total. The molecule has 1 aromatic heterocycles. The SMILES string of the molecule is CN1CCN(c2ccc(NC(=O)CCn3ccc4ccccc43)cc2)CC1. The Morgan fingerprint density at radius 2 is 1.70 bits per heavy atom. The first-order chi connectivity index (χ1) is 13.2. The summed E-state index contributed by atoms with van der Waals surface area (Å²) in [5.74, 6) is 0.0418. The van der Waals surface area contributed by atoms with Crippen molar-refractivity contribution in [2.75, 3.05) is 43.4 Å². The van der Waals surface area contributed by atoms with Crippen LogP contribution in [0.15, 0.2) is 60.8 Å². The summed E-state index contributed by atoms with van der Waals surface area (Å²) in [4.78, 5) is 17.1. The maximum absolute atomic E-state index is 12.3. The van der Waals surface area contributed by atoms with Crippen molar-refractivity contribution in [3.63, 3.8) is 0 Å². The van der Waals surface area contributed by atoms with Crippen molar-refractivity contribution in [1.29, 1.82) is 0 Å². The molecular weight excluding hydrogens is 336 g/mol. The molecule has 0 saturated carbocycles. The van der Waals surface area contributed by atoms with Gasteiger partial charge < -0.3 is 19.7 Å². The first-order valence-electron chi connectivity index (χ1n) is 9.56. The lowest BCUT2D eigenvalue weighted by Gasteiger charge is -2.34. The van der Waals surface area contributed by atoms with Crippen LogP contribution < -0.4 is 10.2 Å². The third-order valence-corrected chi connectivity index (χ3v) is 5.28. The molecule has 3 aromatic rings. The molecule has 27 heavy (non-hydrogen) atoms. The van der Waals surface area contributed by atoms with E-state index in [4.69, 9.17) is 0 Å². The van der Waals surface area contributed by atoms with Gasteiger partial charge in [0.2, 0.25) is 5.91 Å². The van der Waals surface area contributed by atoms with E-state index in [1.165, 1.54) is 16.6 Å². The van der Waals surface area contributed by atoms with Gasteiger partial charge in [-0.2, -0.15) is 0 Å². The van der Waals surface area contributed by atoms with E-state index in [1.54, 1.807) is 0 Å². The molecule has 0 unspecified atom stereocenters. The molecule has 5 nitrogen and oxygen atoms in total. The van der Waals surface area contributed by atoms with Gasteiger partial charge in [-0.15, -0.1) is 0 Å². The van der Waals surface area contributed by atoms with Crippen LogP contribution >= 0.6 is 0 Å². The number of nitrogens with zero attached hydrogens (tertiary/aromatic N) is 3. The molecule has 140 valence electrons. The number of benzene rings is 2. The van der Waals surface area contributed by atoms with Gasteiger partial charge in [-0.1, -0.05) is 18.2 Å². The summed E-state index contributed by atoms with van der Waals surface area (Å²) < 4.78 is 2.13. The number of hydrogen-bond acceptors (Lipinski definition) is 3. The molecule has 0 spiro atoms. The fraction of sp³-hybridized carbons (Fsp3) is 0.318. The zero-order chi connectivity index (χ0) is 18.6. The molecule has 0 aliphatic carbocycles. The highest BCUT2D eigenvalue weighted by Gasteiger charge is 2.14. The van der Waals surface area contributed by atoms with Crippen LogP contribution in [0.25, 0.3) is 10.9 Å². The van der Waals surface area contributed by atoms with E-state index in [0.29, 0.717) is 13.0 Å². The number of hydrogen-bond donors (Lipinski definition) is 1. The number of rotatable bonds is 5. The fourth-order valence-electron chi connectivity index (χ4n) is 3.60. The van der Waals surface area contributed by atoms with E-state index in [-0.39, 0.29) is 5.91 Å². The summed E-state index contributed by atoms with van der Waals surface area (Å²) in [5.41, 5.74) is 3.25. The Hall–Kier alpha value is -2.79. The second kappa shape index (κ2) is 7.84. The van der Waals surface area contributed by atoms with Crippen LogP contribution in [-0.2, 0) is 11.3 Å². The highest BCUT2D eigenvalue weighted by Crippen LogP contribution is 2.20. The van der Waals surface area contributed by atoms with Crippen molar-refractivity contribution < 1.29 is 4.79 Å². The van der Waals surface area contributed by atoms with Crippen molar-refractivity contribution in [3.8, 4) is 0 Å². The van der Waals surface area contributed by atoms with E-state index in [9.17, 15) is 4.79 Å². The van der Waals surface area contributed by atoms with Crippen LogP contribution in [0, 0.1) is 0 Å². The maximum Gasteiger partial charge on any atom is 0.226 e. The number of likely N-dealkylation sites (N-methyl/N-ethyl adjacent to an activating group) is 1. The zero-order valence-corrected chi connectivity index (χ0v) is 15.8. The number of amides is 1. The summed E-state index contributed by atoms with van der Waals surface area (Å²) in [7, 11) is 2.16. The average Bonchev–Trinajstić information content (AvgIpc) is 3.11. The van der Waals surface area contributed by atoms with Crippen LogP contribution in [-0.4, -0.2) is 48.6 Å². The fourth-order valence-corrected chi connectivity index (χ4v) is 3.60. The summed E-state index contributed by atoms with van der Waals surface area (Å²) in [6.07, 6.45) is 2.50. The van der Waals surface area contributed by atoms with Crippen LogP contribution in [0.2, 0.25) is 0 Å². The zero-order valence-electron chi connectivity index (χ0n) is 15.8. The normalized spacial score (nSPS) is 15.2. The van der Waals surface area contributed by atoms with Crippen molar-refractivity contribution in [2.24, 2.45) is 0 Å². The highest BCUT2D eigenvalue weighted by atomic mass is 16.1. The second-order valence-corrected chi connectivity index (χ2v) is 7.20. The Labute approximate surface area is 160 Å². The van der Waals surface area contributed by atoms with Crippen molar-refractivity contribution in [1.82, 2.24) is 9.47 Å². The number of carbonyl (C=O) groups is 1. The average molecular weight is 362 g/mol. The first kappa shape index (κ1) is 17.6. The van der Waals surface area contributed by atoms with Gasteiger partial charge in [-0.3, -0.25) is 4.79 Å². The quantitative estimate of drug-likeness (QED) is 0.756. The van der Waals surface area contributed by atoms with Crippen molar-refractivity contribution in [3.05, 3.63) is 60.8 Å². The monoisotopic (exact) mass is 362 g/mol. The minimum atomic E-state index is 0.0418. The third-order valence-electron chi connectivity index (χ3n) is 5.28. The van der Waals surface area contributed by atoms with E-state index in [2.05, 4.69) is 57.1 Å². The van der Waals surface area contributed by atoms with Crippen LogP contribution in [0.3, 0.4) is 0 Å². The number of para-hydroxylation sites is 1. The number of carbonyl (C=O) groups excluding carboxylic acids is 1. The summed E-state index contributed by atoms with van der Waals surface area (Å²) in [5, 5.41) is 4.22. The number of fused-ring (bicyclic) bond motifs is 1. The van der Waals surface area contributed by atoms with Gasteiger partial charge in [0.15, 0.2) is 0 Å². The Morgan fingerprint density at radius 1 is 0.963 bits per heavy atom. The number of nitrogens with one attached hydrogen (secondary N) is 1.